The molecular formula is C22H26BrClN2O3. The Balaban J connectivity index is 2.15. The van der Waals surface area contributed by atoms with Crippen LogP contribution in [0.1, 0.15) is 31.4 Å². The summed E-state index contributed by atoms with van der Waals surface area (Å²) in [6.07, 6.45) is 0.829. The molecule has 1 atom stereocenters. The number of halogens is 2. The number of hydrogen-bond acceptors (Lipinski definition) is 3. The van der Waals surface area contributed by atoms with Crippen LogP contribution in [0.5, 0.6) is 5.75 Å². The van der Waals surface area contributed by atoms with Crippen LogP contribution in [-0.4, -0.2) is 35.9 Å². The number of ether oxygens (including phenoxy) is 1. The highest BCUT2D eigenvalue weighted by atomic mass is 79.9. The predicted molar refractivity (Wildman–Crippen MR) is 119 cm³/mol. The van der Waals surface area contributed by atoms with Crippen LogP contribution in [0.2, 0.25) is 5.02 Å². The molecule has 0 fully saturated rings. The monoisotopic (exact) mass is 480 g/mol. The van der Waals surface area contributed by atoms with Crippen LogP contribution < -0.4 is 10.1 Å². The molecule has 5 nitrogen and oxygen atoms in total. The minimum Gasteiger partial charge on any atom is -0.482 e. The fraction of sp³-hybridized carbons (Fsp3) is 0.364. The number of hydrogen-bond donors (Lipinski definition) is 1. The third kappa shape index (κ3) is 7.05. The average molecular weight is 482 g/mol. The van der Waals surface area contributed by atoms with Crippen LogP contribution in [0.4, 0.5) is 0 Å². The fourth-order valence-electron chi connectivity index (χ4n) is 2.80. The van der Waals surface area contributed by atoms with E-state index >= 15 is 0 Å². The van der Waals surface area contributed by atoms with Gasteiger partial charge in [0.1, 0.15) is 11.8 Å². The molecule has 0 saturated carbocycles. The standard InChI is InChI=1S/C22H26BrClN2O3/c1-4-10-25-22(28)16(3)26(13-17-7-5-6-15(2)11-17)21(27)14-29-20-9-8-18(23)12-19(20)24/h5-9,11-12,16H,4,10,13-14H2,1-3H3,(H,25,28)/t16-/m1/s1. The number of rotatable bonds is 9. The average Bonchev–Trinajstić information content (AvgIpc) is 2.69. The van der Waals surface area contributed by atoms with Crippen molar-refractivity contribution >= 4 is 39.3 Å². The summed E-state index contributed by atoms with van der Waals surface area (Å²) in [5.41, 5.74) is 2.05. The molecule has 0 saturated heterocycles. The molecule has 0 aliphatic carbocycles. The van der Waals surface area contributed by atoms with E-state index in [-0.39, 0.29) is 18.4 Å². The topological polar surface area (TPSA) is 58.6 Å². The molecule has 0 aliphatic heterocycles. The third-order valence-corrected chi connectivity index (χ3v) is 5.19. The van der Waals surface area contributed by atoms with Gasteiger partial charge in [-0.25, -0.2) is 0 Å². The van der Waals surface area contributed by atoms with Gasteiger partial charge < -0.3 is 15.0 Å². The Morgan fingerprint density at radius 1 is 1.24 bits per heavy atom. The van der Waals surface area contributed by atoms with Gasteiger partial charge in [-0.05, 0) is 44.0 Å². The summed E-state index contributed by atoms with van der Waals surface area (Å²) >= 11 is 9.50. The van der Waals surface area contributed by atoms with Gasteiger partial charge in [0.05, 0.1) is 5.02 Å². The minimum absolute atomic E-state index is 0.186. The number of carbonyl (C=O) groups is 2. The summed E-state index contributed by atoms with van der Waals surface area (Å²) in [5, 5.41) is 3.26. The van der Waals surface area contributed by atoms with Crippen molar-refractivity contribution in [3.63, 3.8) is 0 Å². The van der Waals surface area contributed by atoms with Gasteiger partial charge in [0.25, 0.3) is 5.91 Å². The number of nitrogens with one attached hydrogen (secondary N) is 1. The van der Waals surface area contributed by atoms with Crippen molar-refractivity contribution in [2.45, 2.75) is 39.8 Å². The summed E-state index contributed by atoms with van der Waals surface area (Å²) in [4.78, 5) is 27.0. The smallest absolute Gasteiger partial charge is 0.261 e. The highest BCUT2D eigenvalue weighted by Crippen LogP contribution is 2.27. The molecule has 0 aromatic heterocycles. The Morgan fingerprint density at radius 2 is 2.00 bits per heavy atom. The lowest BCUT2D eigenvalue weighted by molar-refractivity contribution is -0.142. The molecule has 2 aromatic rings. The first-order chi connectivity index (χ1) is 13.8. The molecule has 0 radical (unpaired) electrons. The van der Waals surface area contributed by atoms with Crippen LogP contribution in [-0.2, 0) is 16.1 Å². The summed E-state index contributed by atoms with van der Waals surface area (Å²) < 4.78 is 6.45. The molecule has 1 N–H and O–H groups in total. The second-order valence-corrected chi connectivity index (χ2v) is 8.16. The first-order valence-electron chi connectivity index (χ1n) is 9.52. The van der Waals surface area contributed by atoms with Crippen molar-refractivity contribution in [1.29, 1.82) is 0 Å². The van der Waals surface area contributed by atoms with Crippen molar-refractivity contribution in [2.24, 2.45) is 0 Å². The summed E-state index contributed by atoms with van der Waals surface area (Å²) in [6, 6.07) is 12.4. The molecule has 0 aliphatic rings. The van der Waals surface area contributed by atoms with E-state index in [2.05, 4.69) is 21.2 Å². The lowest BCUT2D eigenvalue weighted by atomic mass is 10.1. The third-order valence-electron chi connectivity index (χ3n) is 4.40. The van der Waals surface area contributed by atoms with E-state index in [1.165, 1.54) is 4.90 Å². The van der Waals surface area contributed by atoms with Crippen molar-refractivity contribution < 1.29 is 14.3 Å². The predicted octanol–water partition coefficient (Wildman–Crippen LogP) is 4.73. The van der Waals surface area contributed by atoms with Gasteiger partial charge in [-0.3, -0.25) is 9.59 Å². The van der Waals surface area contributed by atoms with Gasteiger partial charge in [0, 0.05) is 17.6 Å². The number of carbonyl (C=O) groups excluding carboxylic acids is 2. The Bertz CT molecular complexity index is 860. The molecule has 156 valence electrons. The Hall–Kier alpha value is -2.05. The molecule has 2 rings (SSSR count). The van der Waals surface area contributed by atoms with Gasteiger partial charge in [-0.2, -0.15) is 0 Å². The van der Waals surface area contributed by atoms with E-state index < -0.39 is 6.04 Å². The molecule has 0 heterocycles. The zero-order valence-corrected chi connectivity index (χ0v) is 19.2. The van der Waals surface area contributed by atoms with E-state index in [4.69, 9.17) is 16.3 Å². The molecule has 29 heavy (non-hydrogen) atoms. The fourth-order valence-corrected chi connectivity index (χ4v) is 3.53. The van der Waals surface area contributed by atoms with Gasteiger partial charge in [-0.1, -0.05) is 64.3 Å². The summed E-state index contributed by atoms with van der Waals surface area (Å²) in [7, 11) is 0. The van der Waals surface area contributed by atoms with E-state index in [0.717, 1.165) is 22.0 Å². The zero-order chi connectivity index (χ0) is 21.4. The largest absolute Gasteiger partial charge is 0.482 e. The lowest BCUT2D eigenvalue weighted by Gasteiger charge is -2.29. The second kappa shape index (κ2) is 11.2. The van der Waals surface area contributed by atoms with E-state index in [1.54, 1.807) is 25.1 Å². The molecule has 7 heteroatoms. The molecule has 2 amide bonds. The molecule has 0 bridgehead atoms. The van der Waals surface area contributed by atoms with Crippen LogP contribution >= 0.6 is 27.5 Å². The van der Waals surface area contributed by atoms with Crippen molar-refractivity contribution in [1.82, 2.24) is 10.2 Å². The number of nitrogens with zero attached hydrogens (tertiary/aromatic N) is 1. The molecular weight excluding hydrogens is 456 g/mol. The van der Waals surface area contributed by atoms with Gasteiger partial charge >= 0.3 is 0 Å². The van der Waals surface area contributed by atoms with Gasteiger partial charge in [0.15, 0.2) is 6.61 Å². The molecule has 2 aromatic carbocycles. The molecule has 0 unspecified atom stereocenters. The Labute approximate surface area is 185 Å². The lowest BCUT2D eigenvalue weighted by Crippen LogP contribution is -2.49. The minimum atomic E-state index is -0.626. The van der Waals surface area contributed by atoms with Crippen molar-refractivity contribution in [3.8, 4) is 5.75 Å². The Morgan fingerprint density at radius 3 is 2.66 bits per heavy atom. The Kier molecular flexibility index (Phi) is 8.99. The first kappa shape index (κ1) is 23.2. The van der Waals surface area contributed by atoms with Crippen molar-refractivity contribution in [2.75, 3.05) is 13.2 Å². The van der Waals surface area contributed by atoms with E-state index in [0.29, 0.717) is 23.9 Å². The maximum atomic E-state index is 13.0. The van der Waals surface area contributed by atoms with Crippen LogP contribution in [0, 0.1) is 6.92 Å². The van der Waals surface area contributed by atoms with Crippen molar-refractivity contribution in [3.05, 3.63) is 63.1 Å². The SMILES string of the molecule is CCCNC(=O)[C@@H](C)N(Cc1cccc(C)c1)C(=O)COc1ccc(Br)cc1Cl. The highest BCUT2D eigenvalue weighted by molar-refractivity contribution is 9.10. The van der Waals surface area contributed by atoms with Gasteiger partial charge in [0.2, 0.25) is 5.91 Å². The quantitative estimate of drug-likeness (QED) is 0.563. The highest BCUT2D eigenvalue weighted by Gasteiger charge is 2.26. The molecule has 0 spiro atoms. The van der Waals surface area contributed by atoms with Crippen LogP contribution in [0.25, 0.3) is 0 Å². The van der Waals surface area contributed by atoms with Crippen LogP contribution in [0.15, 0.2) is 46.9 Å². The number of benzene rings is 2. The summed E-state index contributed by atoms with van der Waals surface area (Å²) in [5.74, 6) is -0.0547. The van der Waals surface area contributed by atoms with Crippen LogP contribution in [0.3, 0.4) is 0 Å². The number of amides is 2. The van der Waals surface area contributed by atoms with E-state index in [1.807, 2.05) is 38.1 Å². The van der Waals surface area contributed by atoms with Gasteiger partial charge in [-0.15, -0.1) is 0 Å². The first-order valence-corrected chi connectivity index (χ1v) is 10.7. The number of aryl methyl sites for hydroxylation is 1. The second-order valence-electron chi connectivity index (χ2n) is 6.84. The summed E-state index contributed by atoms with van der Waals surface area (Å²) in [6.45, 7) is 6.38. The normalized spacial score (nSPS) is 11.6. The maximum absolute atomic E-state index is 13.0. The van der Waals surface area contributed by atoms with E-state index in [9.17, 15) is 9.59 Å². The zero-order valence-electron chi connectivity index (χ0n) is 16.9. The maximum Gasteiger partial charge on any atom is 0.261 e.